The molecule has 1 fully saturated rings. The van der Waals surface area contributed by atoms with Gasteiger partial charge in [-0.15, -0.1) is 0 Å². The molecule has 0 spiro atoms. The average Bonchev–Trinajstić information content (AvgIpc) is 2.76. The predicted octanol–water partition coefficient (Wildman–Crippen LogP) is 1.86. The van der Waals surface area contributed by atoms with Gasteiger partial charge < -0.3 is 9.64 Å². The largest absolute Gasteiger partial charge is 0.379 e. The van der Waals surface area contributed by atoms with Gasteiger partial charge in [0.2, 0.25) is 0 Å². The van der Waals surface area contributed by atoms with E-state index in [-0.39, 0.29) is 0 Å². The average molecular weight is 308 g/mol. The summed E-state index contributed by atoms with van der Waals surface area (Å²) in [4.78, 5) is 4.98. The van der Waals surface area contributed by atoms with E-state index < -0.39 is 0 Å². The van der Waals surface area contributed by atoms with Gasteiger partial charge in [0.1, 0.15) is 0 Å². The maximum absolute atomic E-state index is 5.44. The molecule has 0 amide bonds. The quantitative estimate of drug-likeness (QED) is 0.835. The second kappa shape index (κ2) is 7.57. The van der Waals surface area contributed by atoms with Crippen molar-refractivity contribution in [3.05, 3.63) is 17.0 Å². The predicted molar refractivity (Wildman–Crippen MR) is 90.3 cm³/mol. The molecular weight excluding hydrogens is 276 g/mol. The third kappa shape index (κ3) is 5.07. The van der Waals surface area contributed by atoms with Crippen molar-refractivity contribution < 1.29 is 4.74 Å². The number of aromatic amines is 1. The van der Waals surface area contributed by atoms with Gasteiger partial charge in [-0.05, 0) is 38.3 Å². The lowest BCUT2D eigenvalue weighted by Gasteiger charge is -2.37. The summed E-state index contributed by atoms with van der Waals surface area (Å²) in [7, 11) is 2.23. The van der Waals surface area contributed by atoms with Gasteiger partial charge in [-0.1, -0.05) is 13.8 Å². The van der Waals surface area contributed by atoms with Crippen LogP contribution >= 0.6 is 0 Å². The van der Waals surface area contributed by atoms with Crippen LogP contribution in [0.25, 0.3) is 0 Å². The molecule has 1 N–H and O–H groups in total. The molecule has 126 valence electrons. The van der Waals surface area contributed by atoms with Gasteiger partial charge in [-0.3, -0.25) is 10.00 Å². The Labute approximate surface area is 135 Å². The van der Waals surface area contributed by atoms with Crippen LogP contribution in [0.15, 0.2) is 0 Å². The van der Waals surface area contributed by atoms with Gasteiger partial charge in [-0.25, -0.2) is 0 Å². The SMILES string of the molecule is Cc1n[nH]c(C)c1CCN(C)CC(C)(C)CN1CCOCC1. The number of morpholine rings is 1. The lowest BCUT2D eigenvalue weighted by Crippen LogP contribution is -2.45. The lowest BCUT2D eigenvalue weighted by molar-refractivity contribution is 0.0165. The number of rotatable bonds is 7. The second-order valence-corrected chi connectivity index (χ2v) is 7.45. The standard InChI is InChI=1S/C17H32N4O/c1-14-16(15(2)19-18-14)6-7-20(5)12-17(3,4)13-21-8-10-22-11-9-21/h6-13H2,1-5H3,(H,18,19). The molecular formula is C17H32N4O. The number of H-pyrrole nitrogens is 1. The van der Waals surface area contributed by atoms with Crippen LogP contribution in [-0.4, -0.2) is 73.0 Å². The summed E-state index contributed by atoms with van der Waals surface area (Å²) in [5.41, 5.74) is 4.02. The molecule has 0 atom stereocenters. The van der Waals surface area contributed by atoms with E-state index in [1.165, 1.54) is 11.3 Å². The molecule has 2 heterocycles. The van der Waals surface area contributed by atoms with Crippen molar-refractivity contribution in [2.75, 3.05) is 53.0 Å². The molecule has 5 nitrogen and oxygen atoms in total. The number of hydrogen-bond donors (Lipinski definition) is 1. The highest BCUT2D eigenvalue weighted by atomic mass is 16.5. The Morgan fingerprint density at radius 1 is 1.27 bits per heavy atom. The molecule has 1 aliphatic heterocycles. The molecule has 1 aliphatic rings. The Kier molecular flexibility index (Phi) is 6.01. The number of nitrogens with zero attached hydrogens (tertiary/aromatic N) is 3. The minimum Gasteiger partial charge on any atom is -0.379 e. The first-order valence-electron chi connectivity index (χ1n) is 8.36. The van der Waals surface area contributed by atoms with Gasteiger partial charge >= 0.3 is 0 Å². The van der Waals surface area contributed by atoms with E-state index in [4.69, 9.17) is 4.74 Å². The maximum Gasteiger partial charge on any atom is 0.0626 e. The lowest BCUT2D eigenvalue weighted by atomic mass is 9.91. The highest BCUT2D eigenvalue weighted by Crippen LogP contribution is 2.20. The summed E-state index contributed by atoms with van der Waals surface area (Å²) in [5, 5.41) is 7.36. The Hall–Kier alpha value is -0.910. The normalized spacial score (nSPS) is 17.4. The molecule has 0 radical (unpaired) electrons. The molecule has 5 heteroatoms. The first-order chi connectivity index (χ1) is 10.4. The highest BCUT2D eigenvalue weighted by molar-refractivity contribution is 5.23. The Morgan fingerprint density at radius 3 is 2.55 bits per heavy atom. The third-order valence-corrected chi connectivity index (χ3v) is 4.48. The topological polar surface area (TPSA) is 44.4 Å². The van der Waals surface area contributed by atoms with E-state index in [2.05, 4.69) is 54.7 Å². The Morgan fingerprint density at radius 2 is 1.95 bits per heavy atom. The van der Waals surface area contributed by atoms with E-state index in [1.54, 1.807) is 0 Å². The van der Waals surface area contributed by atoms with Crippen LogP contribution in [0.5, 0.6) is 0 Å². The van der Waals surface area contributed by atoms with E-state index in [0.29, 0.717) is 5.41 Å². The molecule has 0 saturated carbocycles. The first-order valence-corrected chi connectivity index (χ1v) is 8.36. The summed E-state index contributed by atoms with van der Waals surface area (Å²) >= 11 is 0. The molecule has 0 bridgehead atoms. The van der Waals surface area contributed by atoms with Crippen molar-refractivity contribution in [2.45, 2.75) is 34.1 Å². The van der Waals surface area contributed by atoms with Gasteiger partial charge in [0.05, 0.1) is 18.9 Å². The second-order valence-electron chi connectivity index (χ2n) is 7.45. The number of aromatic nitrogens is 2. The minimum atomic E-state index is 0.298. The van der Waals surface area contributed by atoms with Crippen LogP contribution in [0.1, 0.15) is 30.8 Å². The third-order valence-electron chi connectivity index (χ3n) is 4.48. The van der Waals surface area contributed by atoms with Crippen molar-refractivity contribution in [2.24, 2.45) is 5.41 Å². The fraction of sp³-hybridized carbons (Fsp3) is 0.824. The zero-order valence-electron chi connectivity index (χ0n) is 14.9. The molecule has 0 aromatic carbocycles. The molecule has 1 aromatic heterocycles. The van der Waals surface area contributed by atoms with Crippen molar-refractivity contribution in [3.8, 4) is 0 Å². The molecule has 1 aromatic rings. The van der Waals surface area contributed by atoms with Crippen LogP contribution in [0.3, 0.4) is 0 Å². The van der Waals surface area contributed by atoms with Crippen molar-refractivity contribution in [3.63, 3.8) is 0 Å². The number of ether oxygens (including phenoxy) is 1. The van der Waals surface area contributed by atoms with Crippen LogP contribution in [0.2, 0.25) is 0 Å². The zero-order valence-corrected chi connectivity index (χ0v) is 14.9. The van der Waals surface area contributed by atoms with Crippen molar-refractivity contribution in [1.82, 2.24) is 20.0 Å². The minimum absolute atomic E-state index is 0.298. The molecule has 0 unspecified atom stereocenters. The number of likely N-dealkylation sites (N-methyl/N-ethyl adjacent to an activating group) is 1. The summed E-state index contributed by atoms with van der Waals surface area (Å²) in [6, 6.07) is 0. The van der Waals surface area contributed by atoms with Gasteiger partial charge in [0.25, 0.3) is 0 Å². The fourth-order valence-corrected chi connectivity index (χ4v) is 3.47. The van der Waals surface area contributed by atoms with Gasteiger partial charge in [-0.2, -0.15) is 5.10 Å². The smallest absolute Gasteiger partial charge is 0.0626 e. The van der Waals surface area contributed by atoms with E-state index >= 15 is 0 Å². The highest BCUT2D eigenvalue weighted by Gasteiger charge is 2.24. The van der Waals surface area contributed by atoms with Crippen LogP contribution < -0.4 is 0 Å². The number of nitrogens with one attached hydrogen (secondary N) is 1. The fourth-order valence-electron chi connectivity index (χ4n) is 3.47. The summed E-state index contributed by atoms with van der Waals surface area (Å²) in [5.74, 6) is 0. The van der Waals surface area contributed by atoms with Crippen molar-refractivity contribution in [1.29, 1.82) is 0 Å². The zero-order chi connectivity index (χ0) is 16.2. The van der Waals surface area contributed by atoms with Crippen LogP contribution in [0, 0.1) is 19.3 Å². The summed E-state index contributed by atoms with van der Waals surface area (Å²) in [6.07, 6.45) is 1.07. The molecule has 1 saturated heterocycles. The molecule has 2 rings (SSSR count). The Bertz CT molecular complexity index is 444. The number of aryl methyl sites for hydroxylation is 2. The van der Waals surface area contributed by atoms with Crippen LogP contribution in [0.4, 0.5) is 0 Å². The molecule has 22 heavy (non-hydrogen) atoms. The monoisotopic (exact) mass is 308 g/mol. The maximum atomic E-state index is 5.44. The molecule has 0 aliphatic carbocycles. The first kappa shape index (κ1) is 17.4. The van der Waals surface area contributed by atoms with Crippen LogP contribution in [-0.2, 0) is 11.2 Å². The van der Waals surface area contributed by atoms with Gasteiger partial charge in [0, 0.05) is 38.4 Å². The summed E-state index contributed by atoms with van der Waals surface area (Å²) in [6.45, 7) is 16.2. The van der Waals surface area contributed by atoms with E-state index in [9.17, 15) is 0 Å². The number of hydrogen-bond acceptors (Lipinski definition) is 4. The summed E-state index contributed by atoms with van der Waals surface area (Å²) < 4.78 is 5.44. The van der Waals surface area contributed by atoms with E-state index in [0.717, 1.165) is 58.1 Å². The van der Waals surface area contributed by atoms with Crippen molar-refractivity contribution >= 4 is 0 Å². The van der Waals surface area contributed by atoms with E-state index in [1.807, 2.05) is 0 Å². The Balaban J connectivity index is 1.78. The van der Waals surface area contributed by atoms with Gasteiger partial charge in [0.15, 0.2) is 0 Å².